The number of carbonyl (C=O) groups excluding carboxylic acids is 2. The minimum absolute atomic E-state index is 0.0817. The Labute approximate surface area is 239 Å². The summed E-state index contributed by atoms with van der Waals surface area (Å²) in [4.78, 5) is 27.7. The SMILES string of the molecule is CN([C@@]1(C)CC[C@]2(C)CC[C@@]3(C)[C@]4(C)CC[C@H]5C(C)(C)C(=O)C(C#N)=C[C@]5(C)C4=CC(=O)[C@]3(O)[C@@H]2C1)S(N)(=O)=O. The molecule has 0 aromatic heterocycles. The molecule has 40 heavy (non-hydrogen) atoms. The predicted molar refractivity (Wildman–Crippen MR) is 152 cm³/mol. The average Bonchev–Trinajstić information content (AvgIpc) is 2.85. The van der Waals surface area contributed by atoms with Crippen molar-refractivity contribution in [2.45, 2.75) is 105 Å². The lowest BCUT2D eigenvalue weighted by Gasteiger charge is -2.71. The van der Waals surface area contributed by atoms with Gasteiger partial charge in [0.15, 0.2) is 11.6 Å². The maximum absolute atomic E-state index is 14.5. The molecule has 0 aliphatic heterocycles. The number of fused-ring (bicyclic) bond motifs is 7. The van der Waals surface area contributed by atoms with Crippen molar-refractivity contribution in [1.29, 1.82) is 5.26 Å². The van der Waals surface area contributed by atoms with Gasteiger partial charge in [-0.15, -0.1) is 0 Å². The van der Waals surface area contributed by atoms with Crippen molar-refractivity contribution in [3.05, 3.63) is 23.3 Å². The zero-order valence-corrected chi connectivity index (χ0v) is 26.0. The van der Waals surface area contributed by atoms with E-state index in [4.69, 9.17) is 5.14 Å². The molecule has 0 unspecified atom stereocenters. The van der Waals surface area contributed by atoms with E-state index in [1.54, 1.807) is 12.2 Å². The Morgan fingerprint density at radius 2 is 1.60 bits per heavy atom. The molecule has 220 valence electrons. The van der Waals surface area contributed by atoms with Crippen LogP contribution in [0.4, 0.5) is 0 Å². The van der Waals surface area contributed by atoms with Crippen LogP contribution in [-0.2, 0) is 19.8 Å². The van der Waals surface area contributed by atoms with E-state index in [2.05, 4.69) is 26.8 Å². The molecule has 0 radical (unpaired) electrons. The first-order valence-electron chi connectivity index (χ1n) is 14.5. The van der Waals surface area contributed by atoms with Crippen molar-refractivity contribution >= 4 is 21.8 Å². The molecule has 5 aliphatic carbocycles. The molecular weight excluding hydrogens is 526 g/mol. The molecule has 3 N–H and O–H groups in total. The summed E-state index contributed by atoms with van der Waals surface area (Å²) in [6, 6.07) is 2.12. The van der Waals surface area contributed by atoms with Crippen LogP contribution in [0.5, 0.6) is 0 Å². The predicted octanol–water partition coefficient (Wildman–Crippen LogP) is 4.21. The summed E-state index contributed by atoms with van der Waals surface area (Å²) in [5.41, 5.74) is -4.68. The molecule has 0 bridgehead atoms. The van der Waals surface area contributed by atoms with Gasteiger partial charge < -0.3 is 5.11 Å². The van der Waals surface area contributed by atoms with E-state index in [1.165, 1.54) is 11.4 Å². The number of rotatable bonds is 2. The molecule has 0 saturated heterocycles. The topological polar surface area (TPSA) is 142 Å². The molecule has 0 aromatic carbocycles. The summed E-state index contributed by atoms with van der Waals surface area (Å²) in [5, 5.41) is 28.3. The van der Waals surface area contributed by atoms with Gasteiger partial charge in [-0.3, -0.25) is 9.59 Å². The number of Topliss-reactive ketones (excluding diaryl/α,β-unsaturated/α-hetero) is 1. The van der Waals surface area contributed by atoms with E-state index < -0.39 is 48.9 Å². The number of hydrogen-bond acceptors (Lipinski definition) is 6. The Bertz CT molecular complexity index is 1430. The largest absolute Gasteiger partial charge is 0.381 e. The molecular formula is C31H45N3O5S. The fourth-order valence-electron chi connectivity index (χ4n) is 10.3. The molecule has 0 spiro atoms. The lowest BCUT2D eigenvalue weighted by Crippen LogP contribution is -2.74. The van der Waals surface area contributed by atoms with Gasteiger partial charge in [0.05, 0.1) is 5.57 Å². The number of allylic oxidation sites excluding steroid dienone is 3. The zero-order valence-electron chi connectivity index (χ0n) is 25.2. The van der Waals surface area contributed by atoms with Crippen LogP contribution in [0.15, 0.2) is 23.3 Å². The number of nitrogens with zero attached hydrogens (tertiary/aromatic N) is 2. The van der Waals surface area contributed by atoms with Crippen molar-refractivity contribution in [1.82, 2.24) is 4.31 Å². The van der Waals surface area contributed by atoms with Gasteiger partial charge in [-0.1, -0.05) is 47.6 Å². The maximum atomic E-state index is 14.5. The smallest absolute Gasteiger partial charge is 0.277 e. The van der Waals surface area contributed by atoms with Gasteiger partial charge in [-0.2, -0.15) is 18.0 Å². The van der Waals surface area contributed by atoms with Gasteiger partial charge in [-0.25, -0.2) is 5.14 Å². The first-order chi connectivity index (χ1) is 18.1. The summed E-state index contributed by atoms with van der Waals surface area (Å²) < 4.78 is 26.0. The first-order valence-corrected chi connectivity index (χ1v) is 16.0. The van der Waals surface area contributed by atoms with Gasteiger partial charge in [0, 0.05) is 34.7 Å². The number of hydrogen-bond donors (Lipinski definition) is 2. The van der Waals surface area contributed by atoms with Crippen molar-refractivity contribution in [3.8, 4) is 6.07 Å². The van der Waals surface area contributed by atoms with E-state index in [9.17, 15) is 28.4 Å². The van der Waals surface area contributed by atoms with Crippen LogP contribution < -0.4 is 5.14 Å². The monoisotopic (exact) mass is 571 g/mol. The lowest BCUT2D eigenvalue weighted by molar-refractivity contribution is -0.242. The summed E-state index contributed by atoms with van der Waals surface area (Å²) in [6.07, 6.45) is 7.93. The summed E-state index contributed by atoms with van der Waals surface area (Å²) in [6.45, 7) is 14.1. The summed E-state index contributed by atoms with van der Waals surface area (Å²) >= 11 is 0. The Morgan fingerprint density at radius 3 is 2.17 bits per heavy atom. The van der Waals surface area contributed by atoms with Crippen LogP contribution in [-0.4, -0.2) is 47.6 Å². The van der Waals surface area contributed by atoms with Gasteiger partial charge in [-0.05, 0) is 80.3 Å². The highest BCUT2D eigenvalue weighted by molar-refractivity contribution is 7.86. The number of ketones is 2. The van der Waals surface area contributed by atoms with Gasteiger partial charge >= 0.3 is 0 Å². The normalized spacial score (nSPS) is 48.1. The Hall–Kier alpha value is -1.86. The fraction of sp³-hybridized carbons (Fsp3) is 0.774. The molecule has 8 nitrogen and oxygen atoms in total. The van der Waals surface area contributed by atoms with Gasteiger partial charge in [0.2, 0.25) is 0 Å². The van der Waals surface area contributed by atoms with Gasteiger partial charge in [0.1, 0.15) is 11.7 Å². The first kappa shape index (κ1) is 29.6. The molecule has 5 rings (SSSR count). The molecule has 0 amide bonds. The number of nitriles is 1. The molecule has 3 saturated carbocycles. The van der Waals surface area contributed by atoms with Crippen LogP contribution in [0.3, 0.4) is 0 Å². The Morgan fingerprint density at radius 1 is 1.00 bits per heavy atom. The van der Waals surface area contributed by atoms with Crippen molar-refractivity contribution in [2.75, 3.05) is 7.05 Å². The highest BCUT2D eigenvalue weighted by atomic mass is 32.2. The quantitative estimate of drug-likeness (QED) is 0.509. The van der Waals surface area contributed by atoms with Crippen LogP contribution >= 0.6 is 0 Å². The summed E-state index contributed by atoms with van der Waals surface area (Å²) in [5.74, 6) is -1.05. The Balaban J connectivity index is 1.70. The van der Waals surface area contributed by atoms with Crippen molar-refractivity contribution < 1.29 is 23.1 Å². The minimum Gasteiger partial charge on any atom is -0.381 e. The number of carbonyl (C=O) groups is 2. The van der Waals surface area contributed by atoms with Crippen LogP contribution in [0.1, 0.15) is 93.4 Å². The molecule has 0 aromatic rings. The second-order valence-electron chi connectivity index (χ2n) is 15.4. The molecule has 0 heterocycles. The van der Waals surface area contributed by atoms with Crippen LogP contribution in [0.25, 0.3) is 0 Å². The third-order valence-electron chi connectivity index (χ3n) is 13.4. The van der Waals surface area contributed by atoms with E-state index >= 15 is 0 Å². The van der Waals surface area contributed by atoms with E-state index in [0.717, 1.165) is 18.4 Å². The Kier molecular flexibility index (Phi) is 6.04. The number of nitrogens with two attached hydrogens (primary N) is 1. The highest BCUT2D eigenvalue weighted by Gasteiger charge is 2.75. The lowest BCUT2D eigenvalue weighted by atomic mass is 9.33. The summed E-state index contributed by atoms with van der Waals surface area (Å²) in [7, 11) is -2.49. The van der Waals surface area contributed by atoms with Gasteiger partial charge in [0.25, 0.3) is 10.2 Å². The number of aliphatic hydroxyl groups is 1. The second kappa shape index (κ2) is 8.15. The van der Waals surface area contributed by atoms with E-state index in [0.29, 0.717) is 32.1 Å². The standard InChI is InChI=1S/C31H45N3O5S/c1-25(2)20-9-10-29(6)21(28(20,5)16-19(18-32)24(25)36)15-23(35)31(37)22-17-27(4,34(8)40(33,38)39)13-11-26(22,3)12-14-30(29,31)7/h15-16,20,22,37H,9-14,17H2,1-8H3,(H2,33,38,39)/t20-,22+,26+,27-,28-,29+,30-,31+/m0/s1. The molecule has 3 fully saturated rings. The molecule has 8 atom stereocenters. The highest BCUT2D eigenvalue weighted by Crippen LogP contribution is 2.75. The van der Waals surface area contributed by atoms with Crippen LogP contribution in [0.2, 0.25) is 0 Å². The third-order valence-corrected chi connectivity index (χ3v) is 14.6. The maximum Gasteiger partial charge on any atom is 0.277 e. The molecule has 9 heteroatoms. The fourth-order valence-corrected chi connectivity index (χ4v) is 11.1. The van der Waals surface area contributed by atoms with E-state index in [-0.39, 0.29) is 28.5 Å². The third kappa shape index (κ3) is 3.31. The van der Waals surface area contributed by atoms with Crippen molar-refractivity contribution in [3.63, 3.8) is 0 Å². The second-order valence-corrected chi connectivity index (χ2v) is 16.9. The minimum atomic E-state index is -3.98. The molecule has 5 aliphatic rings. The van der Waals surface area contributed by atoms with Crippen molar-refractivity contribution in [2.24, 2.45) is 44.0 Å². The average molecular weight is 572 g/mol. The van der Waals surface area contributed by atoms with E-state index in [1.807, 2.05) is 27.7 Å². The van der Waals surface area contributed by atoms with Crippen LogP contribution in [0, 0.1) is 50.2 Å². The zero-order chi connectivity index (χ0) is 30.1.